The van der Waals surface area contributed by atoms with E-state index in [1.54, 1.807) is 11.3 Å². The summed E-state index contributed by atoms with van der Waals surface area (Å²) >= 11 is 1.80. The minimum absolute atomic E-state index is 0.652. The number of thiophene rings is 1. The van der Waals surface area contributed by atoms with Gasteiger partial charge in [0.05, 0.1) is 0 Å². The Bertz CT molecular complexity index is 2840. The molecule has 4 heteroatoms. The molecule has 2 heterocycles. The first-order valence-electron chi connectivity index (χ1n) is 16.4. The summed E-state index contributed by atoms with van der Waals surface area (Å²) in [5.74, 6) is 1.98. The number of benzene rings is 8. The van der Waals surface area contributed by atoms with Gasteiger partial charge in [-0.15, -0.1) is 11.3 Å². The molecule has 10 rings (SSSR count). The van der Waals surface area contributed by atoms with Crippen molar-refractivity contribution in [2.75, 3.05) is 0 Å². The molecule has 0 radical (unpaired) electrons. The number of nitrogens with zero attached hydrogens (tertiary/aromatic N) is 3. The molecule has 0 aliphatic rings. The van der Waals surface area contributed by atoms with Crippen molar-refractivity contribution in [3.8, 4) is 45.3 Å². The van der Waals surface area contributed by atoms with Crippen LogP contribution in [0.25, 0.3) is 97.8 Å². The van der Waals surface area contributed by atoms with E-state index < -0.39 is 0 Å². The number of hydrogen-bond donors (Lipinski definition) is 0. The zero-order valence-electron chi connectivity index (χ0n) is 26.3. The maximum atomic E-state index is 5.23. The van der Waals surface area contributed by atoms with Gasteiger partial charge in [-0.25, -0.2) is 15.0 Å². The summed E-state index contributed by atoms with van der Waals surface area (Å²) in [6, 6.07) is 58.0. The SMILES string of the molecule is c1ccc(-c2ccc(-c3nc(-c4ccc5c6ccccc6c6ccccc6c5c4)nc(-c4cccc5sc6ccccc6c45)n3)cc2)cc1. The largest absolute Gasteiger partial charge is 0.208 e. The lowest BCUT2D eigenvalue weighted by atomic mass is 9.93. The maximum Gasteiger partial charge on any atom is 0.164 e. The van der Waals surface area contributed by atoms with Crippen LogP contribution in [0.15, 0.2) is 164 Å². The quantitative estimate of drug-likeness (QED) is 0.180. The zero-order valence-corrected chi connectivity index (χ0v) is 27.2. The Morgan fingerprint density at radius 1 is 0.306 bits per heavy atom. The Labute approximate surface area is 286 Å². The van der Waals surface area contributed by atoms with Crippen LogP contribution < -0.4 is 0 Å². The predicted octanol–water partition coefficient (Wildman–Crippen LogP) is 12.4. The highest BCUT2D eigenvalue weighted by Crippen LogP contribution is 2.41. The van der Waals surface area contributed by atoms with E-state index >= 15 is 0 Å². The maximum absolute atomic E-state index is 5.23. The summed E-state index contributed by atoms with van der Waals surface area (Å²) in [4.78, 5) is 15.6. The number of hydrogen-bond acceptors (Lipinski definition) is 4. The molecule has 0 amide bonds. The number of fused-ring (bicyclic) bond motifs is 9. The van der Waals surface area contributed by atoms with Crippen LogP contribution in [-0.4, -0.2) is 15.0 Å². The third-order valence-electron chi connectivity index (χ3n) is 9.53. The van der Waals surface area contributed by atoms with Crippen molar-refractivity contribution < 1.29 is 0 Å². The third-order valence-corrected chi connectivity index (χ3v) is 10.7. The Kier molecular flexibility index (Phi) is 6.36. The average molecular weight is 642 g/mol. The molecular weight excluding hydrogens is 615 g/mol. The van der Waals surface area contributed by atoms with E-state index in [1.807, 2.05) is 6.07 Å². The van der Waals surface area contributed by atoms with Crippen LogP contribution >= 0.6 is 11.3 Å². The van der Waals surface area contributed by atoms with Crippen LogP contribution in [0.4, 0.5) is 0 Å². The molecule has 10 aromatic rings. The van der Waals surface area contributed by atoms with Gasteiger partial charge in [0.25, 0.3) is 0 Å². The van der Waals surface area contributed by atoms with E-state index in [0.29, 0.717) is 17.5 Å². The lowest BCUT2D eigenvalue weighted by Gasteiger charge is -2.13. The van der Waals surface area contributed by atoms with Crippen molar-refractivity contribution in [1.29, 1.82) is 0 Å². The molecule has 8 aromatic carbocycles. The van der Waals surface area contributed by atoms with Crippen LogP contribution in [0.2, 0.25) is 0 Å². The minimum Gasteiger partial charge on any atom is -0.208 e. The molecule has 0 aliphatic carbocycles. The van der Waals surface area contributed by atoms with Gasteiger partial charge in [0, 0.05) is 36.9 Å². The number of aromatic nitrogens is 3. The van der Waals surface area contributed by atoms with E-state index in [0.717, 1.165) is 22.3 Å². The van der Waals surface area contributed by atoms with E-state index in [1.165, 1.54) is 58.1 Å². The molecule has 0 unspecified atom stereocenters. The summed E-state index contributed by atoms with van der Waals surface area (Å²) in [5, 5.41) is 9.78. The molecule has 0 saturated carbocycles. The second kappa shape index (κ2) is 11.2. The smallest absolute Gasteiger partial charge is 0.164 e. The van der Waals surface area contributed by atoms with Gasteiger partial charge in [-0.2, -0.15) is 0 Å². The predicted molar refractivity (Wildman–Crippen MR) is 207 cm³/mol. The van der Waals surface area contributed by atoms with Crippen LogP contribution in [-0.2, 0) is 0 Å². The molecule has 0 N–H and O–H groups in total. The zero-order chi connectivity index (χ0) is 32.3. The fourth-order valence-corrected chi connectivity index (χ4v) is 8.34. The fraction of sp³-hybridized carbons (Fsp3) is 0. The molecule has 0 atom stereocenters. The Balaban J connectivity index is 1.21. The highest BCUT2D eigenvalue weighted by Gasteiger charge is 2.18. The van der Waals surface area contributed by atoms with Gasteiger partial charge >= 0.3 is 0 Å². The molecule has 49 heavy (non-hydrogen) atoms. The monoisotopic (exact) mass is 641 g/mol. The molecule has 2 aromatic heterocycles. The van der Waals surface area contributed by atoms with E-state index in [4.69, 9.17) is 15.0 Å². The van der Waals surface area contributed by atoms with Crippen LogP contribution in [0.1, 0.15) is 0 Å². The topological polar surface area (TPSA) is 38.7 Å². The third kappa shape index (κ3) is 4.61. The molecule has 3 nitrogen and oxygen atoms in total. The second-order valence-electron chi connectivity index (χ2n) is 12.4. The fourth-order valence-electron chi connectivity index (χ4n) is 7.20. The number of rotatable bonds is 4. The van der Waals surface area contributed by atoms with Gasteiger partial charge < -0.3 is 0 Å². The molecule has 0 saturated heterocycles. The summed E-state index contributed by atoms with van der Waals surface area (Å²) in [7, 11) is 0. The van der Waals surface area contributed by atoms with Gasteiger partial charge in [0.1, 0.15) is 0 Å². The Hall–Kier alpha value is -6.23. The summed E-state index contributed by atoms with van der Waals surface area (Å²) in [6.45, 7) is 0. The van der Waals surface area contributed by atoms with Crippen molar-refractivity contribution >= 4 is 63.8 Å². The molecular formula is C45H27N3S. The van der Waals surface area contributed by atoms with Crippen LogP contribution in [0.5, 0.6) is 0 Å². The van der Waals surface area contributed by atoms with E-state index in [2.05, 4.69) is 158 Å². The first-order valence-corrected chi connectivity index (χ1v) is 17.3. The highest BCUT2D eigenvalue weighted by molar-refractivity contribution is 7.25. The Morgan fingerprint density at radius 3 is 1.51 bits per heavy atom. The summed E-state index contributed by atoms with van der Waals surface area (Å²) < 4.78 is 2.48. The normalized spacial score (nSPS) is 11.7. The van der Waals surface area contributed by atoms with Gasteiger partial charge in [0.15, 0.2) is 17.5 Å². The molecule has 228 valence electrons. The van der Waals surface area contributed by atoms with Crippen LogP contribution in [0, 0.1) is 0 Å². The van der Waals surface area contributed by atoms with Crippen molar-refractivity contribution in [3.63, 3.8) is 0 Å². The minimum atomic E-state index is 0.652. The van der Waals surface area contributed by atoms with E-state index in [-0.39, 0.29) is 0 Å². The first-order chi connectivity index (χ1) is 24.3. The summed E-state index contributed by atoms with van der Waals surface area (Å²) in [6.07, 6.45) is 0. The second-order valence-corrected chi connectivity index (χ2v) is 13.5. The average Bonchev–Trinajstić information content (AvgIpc) is 3.57. The molecule has 0 aliphatic heterocycles. The molecule has 0 spiro atoms. The first kappa shape index (κ1) is 27.8. The lowest BCUT2D eigenvalue weighted by Crippen LogP contribution is -2.00. The summed E-state index contributed by atoms with van der Waals surface area (Å²) in [5.41, 5.74) is 5.25. The molecule has 0 bridgehead atoms. The highest BCUT2D eigenvalue weighted by atomic mass is 32.1. The van der Waals surface area contributed by atoms with Crippen LogP contribution in [0.3, 0.4) is 0 Å². The van der Waals surface area contributed by atoms with Gasteiger partial charge in [-0.3, -0.25) is 0 Å². The van der Waals surface area contributed by atoms with Crippen molar-refractivity contribution in [1.82, 2.24) is 15.0 Å². The Morgan fingerprint density at radius 2 is 0.796 bits per heavy atom. The van der Waals surface area contributed by atoms with Crippen molar-refractivity contribution in [2.45, 2.75) is 0 Å². The van der Waals surface area contributed by atoms with Crippen molar-refractivity contribution in [3.05, 3.63) is 164 Å². The van der Waals surface area contributed by atoms with Gasteiger partial charge in [0.2, 0.25) is 0 Å². The molecule has 0 fully saturated rings. The standard InChI is InChI=1S/C45H27N3S/c1-2-11-28(12-3-1)29-21-23-30(24-22-29)43-46-44(48-45(47-43)38-18-10-20-41-42(38)37-17-8-9-19-40(37)49-41)31-25-26-36-34-15-5-4-13-32(34)33-14-6-7-16-35(33)39(36)27-31/h1-27H. The lowest BCUT2D eigenvalue weighted by molar-refractivity contribution is 1.08. The van der Waals surface area contributed by atoms with Crippen molar-refractivity contribution in [2.24, 2.45) is 0 Å². The van der Waals surface area contributed by atoms with E-state index in [9.17, 15) is 0 Å². The van der Waals surface area contributed by atoms with Gasteiger partial charge in [-0.1, -0.05) is 146 Å². The van der Waals surface area contributed by atoms with Gasteiger partial charge in [-0.05, 0) is 61.6 Å².